The number of piperidine rings is 1. The van der Waals surface area contributed by atoms with Crippen molar-refractivity contribution >= 4 is 11.4 Å². The maximum atomic E-state index is 5.99. The number of rotatable bonds is 4. The second-order valence-electron chi connectivity index (χ2n) is 5.80. The van der Waals surface area contributed by atoms with E-state index in [1.54, 1.807) is 0 Å². The van der Waals surface area contributed by atoms with E-state index >= 15 is 0 Å². The Morgan fingerprint density at radius 2 is 2.05 bits per heavy atom. The van der Waals surface area contributed by atoms with Crippen LogP contribution in [0.25, 0.3) is 0 Å². The van der Waals surface area contributed by atoms with Crippen LogP contribution in [0.3, 0.4) is 0 Å². The minimum atomic E-state index is 0.732. The zero-order chi connectivity index (χ0) is 13.8. The van der Waals surface area contributed by atoms with Gasteiger partial charge in [0, 0.05) is 36.6 Å². The summed E-state index contributed by atoms with van der Waals surface area (Å²) in [6.45, 7) is 9.76. The molecule has 1 aromatic carbocycles. The lowest BCUT2D eigenvalue weighted by molar-refractivity contribution is 0.315. The fraction of sp³-hybridized carbons (Fsp3) is 0.625. The van der Waals surface area contributed by atoms with Crippen molar-refractivity contribution in [3.8, 4) is 5.75 Å². The molecule has 1 heterocycles. The summed E-state index contributed by atoms with van der Waals surface area (Å²) in [7, 11) is 0. The van der Waals surface area contributed by atoms with Crippen LogP contribution in [0.1, 0.15) is 33.6 Å². The number of hydrogen-bond donors (Lipinski definition) is 1. The Morgan fingerprint density at radius 1 is 1.26 bits per heavy atom. The standard InChI is InChI=1S/C16H26N2O/c1-4-7-19-16-9-14(17)8-15(10-16)18-6-5-12(2)13(3)11-18/h8-10,12-13H,4-7,11,17H2,1-3H3. The smallest absolute Gasteiger partial charge is 0.123 e. The van der Waals surface area contributed by atoms with E-state index in [-0.39, 0.29) is 0 Å². The Bertz CT molecular complexity index is 419. The first-order valence-corrected chi connectivity index (χ1v) is 7.38. The van der Waals surface area contributed by atoms with Crippen LogP contribution in [0.15, 0.2) is 18.2 Å². The quantitative estimate of drug-likeness (QED) is 0.843. The van der Waals surface area contributed by atoms with E-state index in [1.165, 1.54) is 12.1 Å². The molecular formula is C16H26N2O. The van der Waals surface area contributed by atoms with Gasteiger partial charge in [0.1, 0.15) is 5.75 Å². The number of nitrogen functional groups attached to an aromatic ring is 1. The van der Waals surface area contributed by atoms with Gasteiger partial charge in [0.05, 0.1) is 6.61 Å². The molecule has 0 aliphatic carbocycles. The van der Waals surface area contributed by atoms with Crippen molar-refractivity contribution in [1.29, 1.82) is 0 Å². The molecule has 2 rings (SSSR count). The maximum Gasteiger partial charge on any atom is 0.123 e. The normalized spacial score (nSPS) is 23.4. The molecule has 0 radical (unpaired) electrons. The van der Waals surface area contributed by atoms with Crippen LogP contribution in [-0.2, 0) is 0 Å². The monoisotopic (exact) mass is 262 g/mol. The number of nitrogens with two attached hydrogens (primary N) is 1. The zero-order valence-corrected chi connectivity index (χ0v) is 12.4. The van der Waals surface area contributed by atoms with E-state index in [2.05, 4.69) is 37.8 Å². The molecular weight excluding hydrogens is 236 g/mol. The predicted molar refractivity (Wildman–Crippen MR) is 81.8 cm³/mol. The molecule has 1 aromatic rings. The lowest BCUT2D eigenvalue weighted by Gasteiger charge is -2.37. The van der Waals surface area contributed by atoms with E-state index < -0.39 is 0 Å². The van der Waals surface area contributed by atoms with E-state index in [4.69, 9.17) is 10.5 Å². The lowest BCUT2D eigenvalue weighted by Crippen LogP contribution is -2.38. The molecule has 2 atom stereocenters. The third kappa shape index (κ3) is 3.55. The minimum absolute atomic E-state index is 0.732. The molecule has 19 heavy (non-hydrogen) atoms. The maximum absolute atomic E-state index is 5.99. The molecule has 106 valence electrons. The molecule has 1 aliphatic heterocycles. The van der Waals surface area contributed by atoms with Gasteiger partial charge in [0.15, 0.2) is 0 Å². The average molecular weight is 262 g/mol. The molecule has 2 unspecified atom stereocenters. The van der Waals surface area contributed by atoms with Crippen molar-refractivity contribution in [1.82, 2.24) is 0 Å². The van der Waals surface area contributed by atoms with Crippen molar-refractivity contribution in [2.24, 2.45) is 11.8 Å². The van der Waals surface area contributed by atoms with Crippen molar-refractivity contribution in [2.75, 3.05) is 30.3 Å². The highest BCUT2D eigenvalue weighted by atomic mass is 16.5. The van der Waals surface area contributed by atoms with Gasteiger partial charge in [0.25, 0.3) is 0 Å². The van der Waals surface area contributed by atoms with Gasteiger partial charge in [-0.15, -0.1) is 0 Å². The van der Waals surface area contributed by atoms with Crippen molar-refractivity contribution in [3.05, 3.63) is 18.2 Å². The summed E-state index contributed by atoms with van der Waals surface area (Å²) in [5, 5.41) is 0. The summed E-state index contributed by atoms with van der Waals surface area (Å²) in [4.78, 5) is 2.43. The van der Waals surface area contributed by atoms with E-state index in [9.17, 15) is 0 Å². The van der Waals surface area contributed by atoms with Crippen LogP contribution in [0, 0.1) is 11.8 Å². The van der Waals surface area contributed by atoms with E-state index in [0.29, 0.717) is 0 Å². The Morgan fingerprint density at radius 3 is 2.74 bits per heavy atom. The lowest BCUT2D eigenvalue weighted by atomic mass is 9.88. The number of ether oxygens (including phenoxy) is 1. The van der Waals surface area contributed by atoms with Gasteiger partial charge in [-0.05, 0) is 30.7 Å². The Kier molecular flexibility index (Phi) is 4.56. The minimum Gasteiger partial charge on any atom is -0.493 e. The summed E-state index contributed by atoms with van der Waals surface area (Å²) >= 11 is 0. The van der Waals surface area contributed by atoms with Crippen LogP contribution in [0.2, 0.25) is 0 Å². The highest BCUT2D eigenvalue weighted by Crippen LogP contribution is 2.31. The van der Waals surface area contributed by atoms with Crippen molar-refractivity contribution in [3.63, 3.8) is 0 Å². The topological polar surface area (TPSA) is 38.5 Å². The molecule has 1 saturated heterocycles. The number of anilines is 2. The summed E-state index contributed by atoms with van der Waals surface area (Å²) < 4.78 is 5.71. The fourth-order valence-corrected chi connectivity index (χ4v) is 2.59. The number of hydrogen-bond acceptors (Lipinski definition) is 3. The highest BCUT2D eigenvalue weighted by Gasteiger charge is 2.23. The predicted octanol–water partition coefficient (Wildman–Crippen LogP) is 3.54. The van der Waals surface area contributed by atoms with E-state index in [0.717, 1.165) is 49.4 Å². The van der Waals surface area contributed by atoms with Crippen LogP contribution >= 0.6 is 0 Å². The van der Waals surface area contributed by atoms with Crippen LogP contribution in [-0.4, -0.2) is 19.7 Å². The third-order valence-corrected chi connectivity index (χ3v) is 4.09. The molecule has 0 spiro atoms. The number of benzene rings is 1. The van der Waals surface area contributed by atoms with Gasteiger partial charge in [-0.1, -0.05) is 20.8 Å². The SMILES string of the molecule is CCCOc1cc(N)cc(N2CCC(C)C(C)C2)c1. The Hall–Kier alpha value is -1.38. The van der Waals surface area contributed by atoms with Gasteiger partial charge < -0.3 is 15.4 Å². The first kappa shape index (κ1) is 14.0. The first-order valence-electron chi connectivity index (χ1n) is 7.38. The van der Waals surface area contributed by atoms with Crippen molar-refractivity contribution in [2.45, 2.75) is 33.6 Å². The molecule has 1 aliphatic rings. The van der Waals surface area contributed by atoms with Gasteiger partial charge in [-0.25, -0.2) is 0 Å². The molecule has 3 heteroatoms. The molecule has 1 fully saturated rings. The Balaban J connectivity index is 2.13. The van der Waals surface area contributed by atoms with Crippen LogP contribution < -0.4 is 15.4 Å². The fourth-order valence-electron chi connectivity index (χ4n) is 2.59. The molecule has 3 nitrogen and oxygen atoms in total. The molecule has 0 amide bonds. The van der Waals surface area contributed by atoms with Gasteiger partial charge in [-0.3, -0.25) is 0 Å². The largest absolute Gasteiger partial charge is 0.493 e. The van der Waals surface area contributed by atoms with Crippen LogP contribution in [0.4, 0.5) is 11.4 Å². The van der Waals surface area contributed by atoms with Crippen LogP contribution in [0.5, 0.6) is 5.75 Å². The van der Waals surface area contributed by atoms with Crippen molar-refractivity contribution < 1.29 is 4.74 Å². The second kappa shape index (κ2) is 6.18. The molecule has 0 saturated carbocycles. The Labute approximate surface area is 116 Å². The summed E-state index contributed by atoms with van der Waals surface area (Å²) in [5.41, 5.74) is 7.98. The molecule has 0 bridgehead atoms. The highest BCUT2D eigenvalue weighted by molar-refractivity contribution is 5.60. The molecule has 0 aromatic heterocycles. The summed E-state index contributed by atoms with van der Waals surface area (Å²) in [5.74, 6) is 2.44. The zero-order valence-electron chi connectivity index (χ0n) is 12.4. The van der Waals surface area contributed by atoms with Gasteiger partial charge in [-0.2, -0.15) is 0 Å². The third-order valence-electron chi connectivity index (χ3n) is 4.09. The average Bonchev–Trinajstić information content (AvgIpc) is 2.39. The summed E-state index contributed by atoms with van der Waals surface area (Å²) in [6, 6.07) is 6.09. The first-order chi connectivity index (χ1) is 9.10. The molecule has 2 N–H and O–H groups in total. The van der Waals surface area contributed by atoms with Gasteiger partial charge >= 0.3 is 0 Å². The second-order valence-corrected chi connectivity index (χ2v) is 5.80. The summed E-state index contributed by atoms with van der Waals surface area (Å²) in [6.07, 6.45) is 2.27. The van der Waals surface area contributed by atoms with Gasteiger partial charge in [0.2, 0.25) is 0 Å². The van der Waals surface area contributed by atoms with E-state index in [1.807, 2.05) is 6.07 Å². The number of nitrogens with zero attached hydrogens (tertiary/aromatic N) is 1.